The molecule has 0 radical (unpaired) electrons. The molecule has 110 valence electrons. The average molecular weight is 257 g/mol. The van der Waals surface area contributed by atoms with Crippen molar-refractivity contribution >= 4 is 0 Å². The van der Waals surface area contributed by atoms with Gasteiger partial charge >= 0.3 is 0 Å². The van der Waals surface area contributed by atoms with Crippen LogP contribution in [0.3, 0.4) is 0 Å². The van der Waals surface area contributed by atoms with Crippen LogP contribution in [0.15, 0.2) is 0 Å². The Labute approximate surface area is 115 Å². The minimum Gasteiger partial charge on any atom is -0.377 e. The van der Waals surface area contributed by atoms with Crippen molar-refractivity contribution in [2.75, 3.05) is 13.2 Å². The van der Waals surface area contributed by atoms with Gasteiger partial charge < -0.3 is 10.1 Å². The van der Waals surface area contributed by atoms with Gasteiger partial charge in [-0.05, 0) is 33.6 Å². The van der Waals surface area contributed by atoms with E-state index in [0.717, 1.165) is 19.6 Å². The van der Waals surface area contributed by atoms with Crippen LogP contribution in [-0.4, -0.2) is 24.8 Å². The monoisotopic (exact) mass is 257 g/mol. The lowest BCUT2D eigenvalue weighted by atomic mass is 10.0. The maximum atomic E-state index is 5.83. The van der Waals surface area contributed by atoms with Gasteiger partial charge in [0.1, 0.15) is 0 Å². The highest BCUT2D eigenvalue weighted by Crippen LogP contribution is 2.08. The quantitative estimate of drug-likeness (QED) is 0.519. The van der Waals surface area contributed by atoms with Crippen LogP contribution in [0.1, 0.15) is 79.6 Å². The molecule has 0 aromatic heterocycles. The molecule has 0 aromatic carbocycles. The van der Waals surface area contributed by atoms with E-state index in [4.69, 9.17) is 4.74 Å². The first-order valence-electron chi connectivity index (χ1n) is 7.88. The molecule has 0 rings (SSSR count). The van der Waals surface area contributed by atoms with Crippen molar-refractivity contribution in [2.45, 2.75) is 91.2 Å². The van der Waals surface area contributed by atoms with E-state index >= 15 is 0 Å². The zero-order chi connectivity index (χ0) is 13.9. The van der Waals surface area contributed by atoms with E-state index in [-0.39, 0.29) is 5.54 Å². The Morgan fingerprint density at radius 2 is 1.61 bits per heavy atom. The fourth-order valence-corrected chi connectivity index (χ4v) is 1.77. The molecule has 0 spiro atoms. The number of hydrogen-bond acceptors (Lipinski definition) is 2. The minimum absolute atomic E-state index is 0.234. The van der Waals surface area contributed by atoms with Crippen LogP contribution in [0.25, 0.3) is 0 Å². The van der Waals surface area contributed by atoms with Gasteiger partial charge in [0.05, 0.1) is 6.10 Å². The number of unbranched alkanes of at least 4 members (excludes halogenated alkanes) is 5. The third kappa shape index (κ3) is 11.0. The maximum Gasteiger partial charge on any atom is 0.0671 e. The molecule has 2 heteroatoms. The number of rotatable bonds is 12. The van der Waals surface area contributed by atoms with E-state index in [9.17, 15) is 0 Å². The molecule has 0 aromatic rings. The predicted octanol–water partition coefficient (Wildman–Crippen LogP) is 4.53. The summed E-state index contributed by atoms with van der Waals surface area (Å²) in [6, 6.07) is 0. The highest BCUT2D eigenvalue weighted by Gasteiger charge is 2.14. The Bertz CT molecular complexity index is 180. The first-order valence-corrected chi connectivity index (χ1v) is 7.88. The minimum atomic E-state index is 0.234. The fourth-order valence-electron chi connectivity index (χ4n) is 1.77. The van der Waals surface area contributed by atoms with Gasteiger partial charge in [-0.2, -0.15) is 0 Å². The normalized spacial score (nSPS) is 13.8. The molecule has 0 bridgehead atoms. The van der Waals surface area contributed by atoms with Gasteiger partial charge in [-0.25, -0.2) is 0 Å². The molecule has 0 fully saturated rings. The van der Waals surface area contributed by atoms with Gasteiger partial charge in [-0.15, -0.1) is 0 Å². The zero-order valence-electron chi connectivity index (χ0n) is 13.3. The Morgan fingerprint density at radius 3 is 2.22 bits per heavy atom. The van der Waals surface area contributed by atoms with Gasteiger partial charge in [-0.3, -0.25) is 0 Å². The van der Waals surface area contributed by atoms with E-state index in [0.29, 0.717) is 6.10 Å². The zero-order valence-corrected chi connectivity index (χ0v) is 13.3. The Morgan fingerprint density at radius 1 is 1.00 bits per heavy atom. The van der Waals surface area contributed by atoms with E-state index in [1.165, 1.54) is 38.5 Å². The molecule has 1 unspecified atom stereocenters. The summed E-state index contributed by atoms with van der Waals surface area (Å²) < 4.78 is 5.83. The summed E-state index contributed by atoms with van der Waals surface area (Å²) in [6.07, 6.45) is 9.47. The smallest absolute Gasteiger partial charge is 0.0671 e. The van der Waals surface area contributed by atoms with E-state index in [1.54, 1.807) is 0 Å². The van der Waals surface area contributed by atoms with Crippen molar-refractivity contribution in [1.29, 1.82) is 0 Å². The lowest BCUT2D eigenvalue weighted by molar-refractivity contribution is 0.0578. The topological polar surface area (TPSA) is 21.3 Å². The van der Waals surface area contributed by atoms with Crippen molar-refractivity contribution < 1.29 is 4.74 Å². The second-order valence-electron chi connectivity index (χ2n) is 6.07. The maximum absolute atomic E-state index is 5.83. The Balaban J connectivity index is 3.34. The van der Waals surface area contributed by atoms with Crippen LogP contribution in [-0.2, 0) is 4.74 Å². The van der Waals surface area contributed by atoms with Gasteiger partial charge in [-0.1, -0.05) is 46.0 Å². The summed E-state index contributed by atoms with van der Waals surface area (Å²) in [4.78, 5) is 0. The highest BCUT2D eigenvalue weighted by molar-refractivity contribution is 4.76. The average Bonchev–Trinajstić information content (AvgIpc) is 2.35. The molecule has 0 saturated heterocycles. The molecule has 0 saturated carbocycles. The molecule has 2 nitrogen and oxygen atoms in total. The van der Waals surface area contributed by atoms with Crippen molar-refractivity contribution in [3.05, 3.63) is 0 Å². The van der Waals surface area contributed by atoms with Crippen LogP contribution < -0.4 is 5.32 Å². The van der Waals surface area contributed by atoms with Crippen molar-refractivity contribution in [1.82, 2.24) is 5.32 Å². The molecule has 0 aliphatic heterocycles. The highest BCUT2D eigenvalue weighted by atomic mass is 16.5. The van der Waals surface area contributed by atoms with Crippen molar-refractivity contribution in [3.63, 3.8) is 0 Å². The summed E-state index contributed by atoms with van der Waals surface area (Å²) in [6.45, 7) is 13.0. The summed E-state index contributed by atoms with van der Waals surface area (Å²) >= 11 is 0. The molecule has 0 heterocycles. The molecular formula is C16H35NO. The predicted molar refractivity (Wildman–Crippen MR) is 81.2 cm³/mol. The largest absolute Gasteiger partial charge is 0.377 e. The van der Waals surface area contributed by atoms with Crippen molar-refractivity contribution in [2.24, 2.45) is 0 Å². The second-order valence-corrected chi connectivity index (χ2v) is 6.07. The van der Waals surface area contributed by atoms with Crippen molar-refractivity contribution in [3.8, 4) is 0 Å². The van der Waals surface area contributed by atoms with Crippen LogP contribution >= 0.6 is 0 Å². The summed E-state index contributed by atoms with van der Waals surface area (Å²) in [7, 11) is 0. The Hall–Kier alpha value is -0.0800. The second kappa shape index (κ2) is 10.8. The standard InChI is InChI=1S/C16H35NO/c1-6-8-9-10-11-12-13-18-15(3)14-17-16(4,5)7-2/h15,17H,6-14H2,1-5H3. The molecule has 0 aliphatic carbocycles. The lowest BCUT2D eigenvalue weighted by Gasteiger charge is -2.26. The van der Waals surface area contributed by atoms with Gasteiger partial charge in [0.2, 0.25) is 0 Å². The number of nitrogens with one attached hydrogen (secondary N) is 1. The molecule has 18 heavy (non-hydrogen) atoms. The number of hydrogen-bond donors (Lipinski definition) is 1. The van der Waals surface area contributed by atoms with Gasteiger partial charge in [0.15, 0.2) is 0 Å². The summed E-state index contributed by atoms with van der Waals surface area (Å²) in [5.74, 6) is 0. The van der Waals surface area contributed by atoms with E-state index < -0.39 is 0 Å². The van der Waals surface area contributed by atoms with E-state index in [1.807, 2.05) is 0 Å². The van der Waals surface area contributed by atoms with Crippen LogP contribution in [0.5, 0.6) is 0 Å². The van der Waals surface area contributed by atoms with Gasteiger partial charge in [0, 0.05) is 18.7 Å². The SMILES string of the molecule is CCCCCCCCOC(C)CNC(C)(C)CC. The third-order valence-electron chi connectivity index (χ3n) is 3.65. The summed E-state index contributed by atoms with van der Waals surface area (Å²) in [5.41, 5.74) is 0.234. The fraction of sp³-hybridized carbons (Fsp3) is 1.00. The number of ether oxygens (including phenoxy) is 1. The Kier molecular flexibility index (Phi) is 10.8. The summed E-state index contributed by atoms with van der Waals surface area (Å²) in [5, 5.41) is 3.55. The van der Waals surface area contributed by atoms with Crippen LogP contribution in [0, 0.1) is 0 Å². The molecule has 1 N–H and O–H groups in total. The third-order valence-corrected chi connectivity index (χ3v) is 3.65. The molecule has 0 aliphatic rings. The molecular weight excluding hydrogens is 222 g/mol. The first kappa shape index (κ1) is 17.9. The molecule has 1 atom stereocenters. The van der Waals surface area contributed by atoms with Crippen LogP contribution in [0.2, 0.25) is 0 Å². The lowest BCUT2D eigenvalue weighted by Crippen LogP contribution is -2.42. The first-order chi connectivity index (χ1) is 8.52. The molecule has 0 amide bonds. The van der Waals surface area contributed by atoms with E-state index in [2.05, 4.69) is 39.9 Å². The van der Waals surface area contributed by atoms with Crippen LogP contribution in [0.4, 0.5) is 0 Å². The van der Waals surface area contributed by atoms with Gasteiger partial charge in [0.25, 0.3) is 0 Å².